The van der Waals surface area contributed by atoms with Crippen LogP contribution in [0, 0.1) is 6.92 Å². The quantitative estimate of drug-likeness (QED) is 0.793. The van der Waals surface area contributed by atoms with Crippen LogP contribution in [0.2, 0.25) is 0 Å². The number of aromatic nitrogens is 2. The van der Waals surface area contributed by atoms with Crippen LogP contribution in [0.5, 0.6) is 0 Å². The Balaban J connectivity index is 2.61. The first-order valence-corrected chi connectivity index (χ1v) is 8.40. The fourth-order valence-electron chi connectivity index (χ4n) is 2.67. The van der Waals surface area contributed by atoms with Crippen molar-refractivity contribution in [2.24, 2.45) is 0 Å². The number of nitrogens with two attached hydrogens (primary N) is 1. The normalized spacial score (nSPS) is 10.8. The van der Waals surface area contributed by atoms with E-state index in [0.717, 1.165) is 6.42 Å². The fraction of sp³-hybridized carbons (Fsp3) is 0.471. The van der Waals surface area contributed by atoms with E-state index in [1.807, 2.05) is 13.8 Å². The maximum absolute atomic E-state index is 13.0. The van der Waals surface area contributed by atoms with E-state index in [2.05, 4.69) is 4.98 Å². The van der Waals surface area contributed by atoms with Gasteiger partial charge in [0.25, 0.3) is 11.5 Å². The van der Waals surface area contributed by atoms with E-state index in [1.165, 1.54) is 15.7 Å². The molecule has 0 bridgehead atoms. The second-order valence-corrected chi connectivity index (χ2v) is 5.85. The number of unbranched alkanes of at least 4 members (excludes halogenated alkanes) is 1. The summed E-state index contributed by atoms with van der Waals surface area (Å²) in [6.45, 7) is 6.23. The lowest BCUT2D eigenvalue weighted by Gasteiger charge is -2.24. The molecule has 136 valence electrons. The summed E-state index contributed by atoms with van der Waals surface area (Å²) in [5.74, 6) is 0.0863. The monoisotopic (exact) mass is 348 g/mol. The average molecular weight is 348 g/mol. The number of nitrogen functional groups attached to an aromatic ring is 1. The predicted molar refractivity (Wildman–Crippen MR) is 96.1 cm³/mol. The highest BCUT2D eigenvalue weighted by Crippen LogP contribution is 2.22. The van der Waals surface area contributed by atoms with E-state index in [0.29, 0.717) is 37.3 Å². The van der Waals surface area contributed by atoms with E-state index >= 15 is 0 Å². The summed E-state index contributed by atoms with van der Waals surface area (Å²) >= 11 is 0. The minimum absolute atomic E-state index is 0.00111. The molecule has 0 atom stereocenters. The number of aryl methyl sites for hydroxylation is 1. The molecule has 3 N–H and O–H groups in total. The molecule has 0 fully saturated rings. The van der Waals surface area contributed by atoms with E-state index in [9.17, 15) is 14.4 Å². The second-order valence-electron chi connectivity index (χ2n) is 5.85. The minimum Gasteiger partial charge on any atom is -0.469 e. The van der Waals surface area contributed by atoms with Gasteiger partial charge in [0.15, 0.2) is 5.69 Å². The number of hydrogen-bond donors (Lipinski definition) is 2. The van der Waals surface area contributed by atoms with Crippen molar-refractivity contribution < 1.29 is 9.21 Å². The first kappa shape index (κ1) is 18.6. The molecule has 2 heterocycles. The number of H-pyrrole nitrogens is 1. The molecule has 0 aliphatic heterocycles. The number of nitrogens with one attached hydrogen (secondary N) is 1. The molecule has 25 heavy (non-hydrogen) atoms. The molecule has 0 aliphatic rings. The van der Waals surface area contributed by atoms with Crippen LogP contribution >= 0.6 is 0 Å². The molecule has 1 amide bonds. The Kier molecular flexibility index (Phi) is 5.84. The third-order valence-electron chi connectivity index (χ3n) is 4.00. The zero-order valence-electron chi connectivity index (χ0n) is 14.8. The highest BCUT2D eigenvalue weighted by Gasteiger charge is 2.26. The van der Waals surface area contributed by atoms with Gasteiger partial charge < -0.3 is 15.1 Å². The van der Waals surface area contributed by atoms with Crippen LogP contribution in [0.1, 0.15) is 49.2 Å². The van der Waals surface area contributed by atoms with Crippen molar-refractivity contribution in [3.05, 3.63) is 44.5 Å². The number of amides is 1. The van der Waals surface area contributed by atoms with Crippen molar-refractivity contribution in [2.45, 2.75) is 46.6 Å². The molecular weight excluding hydrogens is 324 g/mol. The zero-order chi connectivity index (χ0) is 18.6. The topological polar surface area (TPSA) is 114 Å². The number of carbonyl (C=O) groups is 1. The van der Waals surface area contributed by atoms with Gasteiger partial charge in [-0.3, -0.25) is 19.1 Å². The Morgan fingerprint density at radius 3 is 2.60 bits per heavy atom. The summed E-state index contributed by atoms with van der Waals surface area (Å²) in [6, 6.07) is 1.56. The van der Waals surface area contributed by atoms with Crippen molar-refractivity contribution in [1.29, 1.82) is 0 Å². The van der Waals surface area contributed by atoms with Gasteiger partial charge in [0.1, 0.15) is 11.6 Å². The molecule has 0 radical (unpaired) electrons. The first-order chi connectivity index (χ1) is 11.9. The van der Waals surface area contributed by atoms with Gasteiger partial charge in [-0.2, -0.15) is 0 Å². The SMILES string of the molecule is CCCCN(C(=O)c1ccoc1C)c1c(N)n(CCC)c(=O)[nH]c1=O. The first-order valence-electron chi connectivity index (χ1n) is 8.40. The Morgan fingerprint density at radius 2 is 2.04 bits per heavy atom. The molecular formula is C17H24N4O4. The summed E-state index contributed by atoms with van der Waals surface area (Å²) in [5.41, 5.74) is 5.23. The van der Waals surface area contributed by atoms with Gasteiger partial charge in [-0.05, 0) is 25.8 Å². The van der Waals surface area contributed by atoms with Crippen molar-refractivity contribution in [3.8, 4) is 0 Å². The smallest absolute Gasteiger partial charge is 0.330 e. The number of hydrogen-bond acceptors (Lipinski definition) is 5. The number of furan rings is 1. The standard InChI is InChI=1S/C17H24N4O4/c1-4-6-9-20(16(23)12-7-10-25-11(12)3)13-14(18)21(8-5-2)17(24)19-15(13)22/h7,10H,4-6,8-9,18H2,1-3H3,(H,19,22,24). The van der Waals surface area contributed by atoms with Crippen LogP contribution in [0.15, 0.2) is 26.3 Å². The maximum atomic E-state index is 13.0. The highest BCUT2D eigenvalue weighted by molar-refractivity contribution is 6.07. The summed E-state index contributed by atoms with van der Waals surface area (Å²) < 4.78 is 6.48. The van der Waals surface area contributed by atoms with Crippen molar-refractivity contribution in [3.63, 3.8) is 0 Å². The zero-order valence-corrected chi connectivity index (χ0v) is 14.8. The highest BCUT2D eigenvalue weighted by atomic mass is 16.3. The van der Waals surface area contributed by atoms with Gasteiger partial charge >= 0.3 is 5.69 Å². The Hall–Kier alpha value is -2.77. The number of carbonyl (C=O) groups excluding carboxylic acids is 1. The number of nitrogens with zero attached hydrogens (tertiary/aromatic N) is 2. The number of anilines is 2. The fourth-order valence-corrected chi connectivity index (χ4v) is 2.67. The predicted octanol–water partition coefficient (Wildman–Crippen LogP) is 1.88. The lowest BCUT2D eigenvalue weighted by atomic mass is 10.2. The van der Waals surface area contributed by atoms with E-state index in [1.54, 1.807) is 13.0 Å². The summed E-state index contributed by atoms with van der Waals surface area (Å²) in [7, 11) is 0. The van der Waals surface area contributed by atoms with Crippen molar-refractivity contribution >= 4 is 17.4 Å². The minimum atomic E-state index is -0.666. The van der Waals surface area contributed by atoms with Gasteiger partial charge in [0.05, 0.1) is 11.8 Å². The van der Waals surface area contributed by atoms with Crippen LogP contribution in [0.25, 0.3) is 0 Å². The molecule has 2 aromatic rings. The van der Waals surface area contributed by atoms with Gasteiger partial charge in [-0.25, -0.2) is 4.79 Å². The Labute approximate surface area is 145 Å². The van der Waals surface area contributed by atoms with Crippen LogP contribution in [-0.2, 0) is 6.54 Å². The molecule has 0 spiro atoms. The van der Waals surface area contributed by atoms with E-state index < -0.39 is 11.2 Å². The van der Waals surface area contributed by atoms with Gasteiger partial charge in [-0.15, -0.1) is 0 Å². The molecule has 8 nitrogen and oxygen atoms in total. The van der Waals surface area contributed by atoms with Crippen molar-refractivity contribution in [1.82, 2.24) is 9.55 Å². The van der Waals surface area contributed by atoms with Crippen LogP contribution in [-0.4, -0.2) is 22.0 Å². The molecule has 8 heteroatoms. The maximum Gasteiger partial charge on any atom is 0.330 e. The van der Waals surface area contributed by atoms with Crippen LogP contribution < -0.4 is 21.9 Å². The van der Waals surface area contributed by atoms with Gasteiger partial charge in [0, 0.05) is 13.1 Å². The Morgan fingerprint density at radius 1 is 1.32 bits per heavy atom. The van der Waals surface area contributed by atoms with Gasteiger partial charge in [0.2, 0.25) is 0 Å². The summed E-state index contributed by atoms with van der Waals surface area (Å²) in [6.07, 6.45) is 3.61. The summed E-state index contributed by atoms with van der Waals surface area (Å²) in [5, 5.41) is 0. The molecule has 0 unspecified atom stereocenters. The lowest BCUT2D eigenvalue weighted by molar-refractivity contribution is 0.0984. The van der Waals surface area contributed by atoms with Crippen LogP contribution in [0.3, 0.4) is 0 Å². The largest absolute Gasteiger partial charge is 0.469 e. The average Bonchev–Trinajstić information content (AvgIpc) is 2.99. The van der Waals surface area contributed by atoms with Gasteiger partial charge in [-0.1, -0.05) is 20.3 Å². The second kappa shape index (κ2) is 7.87. The molecule has 0 aliphatic carbocycles. The van der Waals surface area contributed by atoms with Crippen LogP contribution in [0.4, 0.5) is 11.5 Å². The lowest BCUT2D eigenvalue weighted by Crippen LogP contribution is -2.41. The van der Waals surface area contributed by atoms with Crippen molar-refractivity contribution in [2.75, 3.05) is 17.2 Å². The summed E-state index contributed by atoms with van der Waals surface area (Å²) in [4.78, 5) is 41.0. The molecule has 2 aromatic heterocycles. The molecule has 0 saturated heterocycles. The third-order valence-corrected chi connectivity index (χ3v) is 4.00. The van der Waals surface area contributed by atoms with E-state index in [-0.39, 0.29) is 17.4 Å². The third kappa shape index (κ3) is 3.67. The number of aromatic amines is 1. The molecule has 2 rings (SSSR count). The van der Waals surface area contributed by atoms with E-state index in [4.69, 9.17) is 10.2 Å². The Bertz CT molecular complexity index is 862. The molecule has 0 saturated carbocycles. The number of rotatable bonds is 7. The molecule has 0 aromatic carbocycles.